The molecule has 3 rings (SSSR count). The van der Waals surface area contributed by atoms with Crippen molar-refractivity contribution in [2.24, 2.45) is 0 Å². The van der Waals surface area contributed by atoms with Crippen molar-refractivity contribution in [1.82, 2.24) is 0 Å². The lowest BCUT2D eigenvalue weighted by molar-refractivity contribution is -0.136. The highest BCUT2D eigenvalue weighted by Gasteiger charge is 2.50. The Balaban J connectivity index is 1.86. The van der Waals surface area contributed by atoms with Gasteiger partial charge in [0.2, 0.25) is 0 Å². The zero-order valence-electron chi connectivity index (χ0n) is 16.2. The lowest BCUT2D eigenvalue weighted by Gasteiger charge is -2.40. The number of nitrogens with zero attached hydrogens (tertiary/aromatic N) is 1. The maximum Gasteiger partial charge on any atom is 0.418 e. The van der Waals surface area contributed by atoms with Crippen LogP contribution in [0.15, 0.2) is 18.2 Å². The van der Waals surface area contributed by atoms with Crippen LogP contribution in [-0.4, -0.2) is 26.5 Å². The van der Waals surface area contributed by atoms with Gasteiger partial charge in [0.05, 0.1) is 17.7 Å². The Labute approximate surface area is 154 Å². The molecule has 2 aliphatic rings. The molecule has 3 atom stereocenters. The van der Waals surface area contributed by atoms with Crippen LogP contribution in [-0.2, 0) is 10.6 Å². The predicted molar refractivity (Wildman–Crippen MR) is 102 cm³/mol. The van der Waals surface area contributed by atoms with E-state index in [0.717, 1.165) is 19.3 Å². The predicted octanol–water partition coefficient (Wildman–Crippen LogP) is 5.42. The Morgan fingerprint density at radius 1 is 1.15 bits per heavy atom. The van der Waals surface area contributed by atoms with E-state index >= 15 is 0 Å². The fourth-order valence-corrected chi connectivity index (χ4v) is 5.33. The largest absolute Gasteiger partial charge is 0.418 e. The molecule has 0 spiro atoms. The van der Waals surface area contributed by atoms with Crippen LogP contribution in [0.3, 0.4) is 0 Å². The topological polar surface area (TPSA) is 38.5 Å². The highest BCUT2D eigenvalue weighted by molar-refractivity contribution is 6.74. The summed E-state index contributed by atoms with van der Waals surface area (Å²) >= 11 is 0. The molecule has 0 amide bonds. The summed E-state index contributed by atoms with van der Waals surface area (Å²) in [5.41, 5.74) is 5.20. The minimum atomic E-state index is -4.43. The van der Waals surface area contributed by atoms with Crippen LogP contribution in [0, 0.1) is 0 Å². The Morgan fingerprint density at radius 2 is 1.81 bits per heavy atom. The molecule has 2 fully saturated rings. The fourth-order valence-electron chi connectivity index (χ4n) is 3.97. The van der Waals surface area contributed by atoms with E-state index in [1.165, 1.54) is 12.1 Å². The van der Waals surface area contributed by atoms with Crippen molar-refractivity contribution in [3.63, 3.8) is 0 Å². The number of rotatable bonds is 3. The van der Waals surface area contributed by atoms with Crippen LogP contribution >= 0.6 is 0 Å². The normalized spacial score (nSPS) is 26.6. The first-order valence-electron chi connectivity index (χ1n) is 9.24. The molecule has 0 radical (unpaired) electrons. The van der Waals surface area contributed by atoms with Crippen LogP contribution in [0.25, 0.3) is 0 Å². The van der Waals surface area contributed by atoms with Crippen molar-refractivity contribution in [2.45, 2.75) is 82.5 Å². The first kappa shape index (κ1) is 19.5. The number of anilines is 2. The third kappa shape index (κ3) is 3.35. The van der Waals surface area contributed by atoms with Crippen LogP contribution in [0.5, 0.6) is 0 Å². The molecule has 0 saturated carbocycles. The molecule has 2 heterocycles. The van der Waals surface area contributed by atoms with Gasteiger partial charge in [0.25, 0.3) is 0 Å². The van der Waals surface area contributed by atoms with Crippen LogP contribution in [0.2, 0.25) is 18.1 Å². The van der Waals surface area contributed by atoms with Gasteiger partial charge in [-0.15, -0.1) is 0 Å². The zero-order valence-corrected chi connectivity index (χ0v) is 17.2. The summed E-state index contributed by atoms with van der Waals surface area (Å²) in [6.07, 6.45) is -1.47. The number of alkyl halides is 3. The Morgan fingerprint density at radius 3 is 2.38 bits per heavy atom. The number of halogens is 3. The van der Waals surface area contributed by atoms with Gasteiger partial charge in [-0.05, 0) is 55.6 Å². The minimum Gasteiger partial charge on any atom is -0.412 e. The maximum atomic E-state index is 13.2. The Kier molecular flexibility index (Phi) is 4.63. The zero-order chi connectivity index (χ0) is 19.5. The lowest BCUT2D eigenvalue weighted by Crippen LogP contribution is -2.47. The molecule has 2 aliphatic heterocycles. The minimum absolute atomic E-state index is 0.0986. The first-order valence-corrected chi connectivity index (χ1v) is 12.1. The van der Waals surface area contributed by atoms with Crippen LogP contribution in [0.1, 0.15) is 45.6 Å². The quantitative estimate of drug-likeness (QED) is 0.557. The van der Waals surface area contributed by atoms with Gasteiger partial charge >= 0.3 is 6.18 Å². The summed E-state index contributed by atoms with van der Waals surface area (Å²) in [6.45, 7) is 11.1. The first-order chi connectivity index (χ1) is 11.8. The van der Waals surface area contributed by atoms with Crippen molar-refractivity contribution in [3.8, 4) is 0 Å². The van der Waals surface area contributed by atoms with Gasteiger partial charge in [-0.1, -0.05) is 20.8 Å². The molecule has 2 saturated heterocycles. The van der Waals surface area contributed by atoms with Crippen molar-refractivity contribution < 1.29 is 17.6 Å². The van der Waals surface area contributed by atoms with Crippen LogP contribution < -0.4 is 10.6 Å². The Hall–Kier alpha value is -1.21. The molecule has 0 aliphatic carbocycles. The molecule has 3 nitrogen and oxygen atoms in total. The van der Waals surface area contributed by atoms with E-state index in [-0.39, 0.29) is 28.9 Å². The number of hydrogen-bond donors (Lipinski definition) is 1. The number of nitrogens with two attached hydrogens (primary N) is 1. The molecule has 146 valence electrons. The fraction of sp³-hybridized carbons (Fsp3) is 0.684. The summed E-state index contributed by atoms with van der Waals surface area (Å²) in [7, 11) is -1.91. The summed E-state index contributed by atoms with van der Waals surface area (Å²) in [5.74, 6) is 0. The van der Waals surface area contributed by atoms with Gasteiger partial charge in [-0.25, -0.2) is 0 Å². The highest BCUT2D eigenvalue weighted by Crippen LogP contribution is 2.47. The third-order valence-corrected chi connectivity index (χ3v) is 10.9. The van der Waals surface area contributed by atoms with Gasteiger partial charge in [0.15, 0.2) is 8.32 Å². The molecule has 1 aromatic carbocycles. The summed E-state index contributed by atoms with van der Waals surface area (Å²) in [4.78, 5) is 2.15. The monoisotopic (exact) mass is 386 g/mol. The van der Waals surface area contributed by atoms with E-state index in [9.17, 15) is 13.2 Å². The molecule has 1 aromatic rings. The second-order valence-electron chi connectivity index (χ2n) is 9.13. The van der Waals surface area contributed by atoms with Gasteiger partial charge in [0.1, 0.15) is 0 Å². The lowest BCUT2D eigenvalue weighted by atomic mass is 9.98. The van der Waals surface area contributed by atoms with Crippen molar-refractivity contribution >= 4 is 19.7 Å². The second-order valence-corrected chi connectivity index (χ2v) is 13.9. The molecule has 7 heteroatoms. The summed E-state index contributed by atoms with van der Waals surface area (Å²) < 4.78 is 46.3. The van der Waals surface area contributed by atoms with Gasteiger partial charge in [-0.2, -0.15) is 13.2 Å². The van der Waals surface area contributed by atoms with E-state index in [0.29, 0.717) is 5.69 Å². The molecule has 2 bridgehead atoms. The van der Waals surface area contributed by atoms with Gasteiger partial charge in [0, 0.05) is 17.4 Å². The molecule has 2 N–H and O–H groups in total. The molecule has 26 heavy (non-hydrogen) atoms. The van der Waals surface area contributed by atoms with E-state index in [2.05, 4.69) is 38.8 Å². The number of nitrogen functional groups attached to an aromatic ring is 1. The smallest absolute Gasteiger partial charge is 0.412 e. The molecular weight excluding hydrogens is 357 g/mol. The summed E-state index contributed by atoms with van der Waals surface area (Å²) in [6, 6.07) is 4.69. The Bertz CT molecular complexity index is 684. The van der Waals surface area contributed by atoms with E-state index in [4.69, 9.17) is 10.2 Å². The van der Waals surface area contributed by atoms with Crippen LogP contribution in [0.4, 0.5) is 24.5 Å². The number of benzene rings is 1. The molecular formula is C19H29F3N2OSi. The number of fused-ring (bicyclic) bond motifs is 2. The second kappa shape index (κ2) is 6.16. The third-order valence-electron chi connectivity index (χ3n) is 6.37. The van der Waals surface area contributed by atoms with E-state index in [1.54, 1.807) is 6.07 Å². The molecule has 0 aromatic heterocycles. The van der Waals surface area contributed by atoms with Gasteiger partial charge < -0.3 is 15.1 Å². The average molecular weight is 387 g/mol. The van der Waals surface area contributed by atoms with E-state index in [1.807, 2.05) is 0 Å². The molecule has 3 unspecified atom stereocenters. The average Bonchev–Trinajstić information content (AvgIpc) is 3.02. The van der Waals surface area contributed by atoms with Crippen molar-refractivity contribution in [3.05, 3.63) is 23.8 Å². The van der Waals surface area contributed by atoms with Crippen molar-refractivity contribution in [1.29, 1.82) is 0 Å². The van der Waals surface area contributed by atoms with Crippen molar-refractivity contribution in [2.75, 3.05) is 10.6 Å². The van der Waals surface area contributed by atoms with E-state index < -0.39 is 20.1 Å². The number of hydrogen-bond acceptors (Lipinski definition) is 3. The summed E-state index contributed by atoms with van der Waals surface area (Å²) in [5, 5.41) is 0.115. The standard InChI is InChI=1S/C19H29F3N2OSi/c1-18(2,3)26(4,5)25-17-11-13-7-9-16(17)24(13)12-6-8-15(23)14(10-12)19(20,21)22/h6,8,10,13,16-17H,7,9,11,23H2,1-5H3. The SMILES string of the molecule is CC(C)(C)[Si](C)(C)OC1CC2CCC1N2c1ccc(N)c(C(F)(F)F)c1. The maximum absolute atomic E-state index is 13.2. The highest BCUT2D eigenvalue weighted by atomic mass is 28.4. The van der Waals surface area contributed by atoms with Gasteiger partial charge in [-0.3, -0.25) is 0 Å².